The number of hydrogen-bond acceptors (Lipinski definition) is 4. The molecule has 2 N–H and O–H groups in total. The lowest BCUT2D eigenvalue weighted by atomic mass is 10.1. The van der Waals surface area contributed by atoms with E-state index in [1.807, 2.05) is 30.3 Å². The van der Waals surface area contributed by atoms with E-state index in [0.717, 1.165) is 10.8 Å². The van der Waals surface area contributed by atoms with Gasteiger partial charge in [-0.25, -0.2) is 10.2 Å². The highest BCUT2D eigenvalue weighted by Crippen LogP contribution is 2.26. The Morgan fingerprint density at radius 1 is 0.967 bits per heavy atom. The summed E-state index contributed by atoms with van der Waals surface area (Å²) in [7, 11) is 0. The number of carbonyl (C=O) groups excluding carboxylic acids is 1. The molecule has 0 spiro atoms. The summed E-state index contributed by atoms with van der Waals surface area (Å²) in [6, 6.07) is 21.1. The van der Waals surface area contributed by atoms with Crippen molar-refractivity contribution in [3.63, 3.8) is 0 Å². The van der Waals surface area contributed by atoms with Crippen molar-refractivity contribution in [2.75, 3.05) is 0 Å². The van der Waals surface area contributed by atoms with E-state index in [4.69, 9.17) is 16.0 Å². The van der Waals surface area contributed by atoms with E-state index in [-0.39, 0.29) is 16.5 Å². The molecule has 0 radical (unpaired) electrons. The molecule has 0 atom stereocenters. The van der Waals surface area contributed by atoms with Gasteiger partial charge in [0, 0.05) is 11.1 Å². The maximum atomic E-state index is 12.3. The summed E-state index contributed by atoms with van der Waals surface area (Å²) >= 11 is 5.89. The monoisotopic (exact) mass is 418 g/mol. The smallest absolute Gasteiger partial charge is 0.337 e. The van der Waals surface area contributed by atoms with Crippen LogP contribution in [-0.4, -0.2) is 23.2 Å². The molecule has 6 nitrogen and oxygen atoms in total. The molecule has 7 heteroatoms. The predicted octanol–water partition coefficient (Wildman–Crippen LogP) is 5.22. The van der Waals surface area contributed by atoms with Crippen LogP contribution in [0.4, 0.5) is 0 Å². The zero-order valence-electron chi connectivity index (χ0n) is 15.5. The molecule has 0 saturated heterocycles. The van der Waals surface area contributed by atoms with Crippen molar-refractivity contribution in [2.24, 2.45) is 5.10 Å². The largest absolute Gasteiger partial charge is 0.478 e. The van der Waals surface area contributed by atoms with E-state index >= 15 is 0 Å². The lowest BCUT2D eigenvalue weighted by molar-refractivity contribution is 0.0697. The number of rotatable bonds is 5. The molecule has 0 aliphatic rings. The lowest BCUT2D eigenvalue weighted by Gasteiger charge is -2.02. The Morgan fingerprint density at radius 3 is 2.57 bits per heavy atom. The maximum absolute atomic E-state index is 12.3. The number of hydrogen-bond donors (Lipinski definition) is 2. The van der Waals surface area contributed by atoms with Crippen LogP contribution in [0, 0.1) is 0 Å². The minimum Gasteiger partial charge on any atom is -0.478 e. The first-order valence-corrected chi connectivity index (χ1v) is 9.34. The Hall–Kier alpha value is -3.90. The average Bonchev–Trinajstić information content (AvgIpc) is 3.22. The van der Waals surface area contributed by atoms with E-state index in [0.29, 0.717) is 22.6 Å². The Morgan fingerprint density at radius 2 is 1.77 bits per heavy atom. The van der Waals surface area contributed by atoms with Crippen molar-refractivity contribution in [2.45, 2.75) is 0 Å². The van der Waals surface area contributed by atoms with Gasteiger partial charge in [-0.15, -0.1) is 0 Å². The van der Waals surface area contributed by atoms with Gasteiger partial charge in [0.25, 0.3) is 5.91 Å². The van der Waals surface area contributed by atoms with Gasteiger partial charge in [0.1, 0.15) is 11.5 Å². The number of halogens is 1. The van der Waals surface area contributed by atoms with E-state index in [9.17, 15) is 14.7 Å². The highest BCUT2D eigenvalue weighted by atomic mass is 35.5. The fourth-order valence-corrected chi connectivity index (χ4v) is 3.17. The molecule has 0 bridgehead atoms. The summed E-state index contributed by atoms with van der Waals surface area (Å²) in [6.45, 7) is 0. The Balaban J connectivity index is 1.46. The SMILES string of the molecule is O=C(N/N=C/c1ccc(-c2ccc(Cl)c(C(=O)O)c2)o1)c1ccc2ccccc2c1. The van der Waals surface area contributed by atoms with Crippen molar-refractivity contribution in [1.29, 1.82) is 0 Å². The molecule has 30 heavy (non-hydrogen) atoms. The summed E-state index contributed by atoms with van der Waals surface area (Å²) in [5.41, 5.74) is 3.52. The lowest BCUT2D eigenvalue weighted by Crippen LogP contribution is -2.17. The number of nitrogens with one attached hydrogen (secondary N) is 1. The second-order valence-electron chi connectivity index (χ2n) is 6.46. The summed E-state index contributed by atoms with van der Waals surface area (Å²) < 4.78 is 5.65. The van der Waals surface area contributed by atoms with E-state index in [1.54, 1.807) is 30.3 Å². The fourth-order valence-electron chi connectivity index (χ4n) is 2.97. The van der Waals surface area contributed by atoms with Crippen LogP contribution in [0.2, 0.25) is 5.02 Å². The molecule has 1 heterocycles. The van der Waals surface area contributed by atoms with Gasteiger partial charge in [-0.2, -0.15) is 5.10 Å². The minimum atomic E-state index is -1.12. The van der Waals surface area contributed by atoms with Crippen LogP contribution in [0.5, 0.6) is 0 Å². The maximum Gasteiger partial charge on any atom is 0.337 e. The number of carbonyl (C=O) groups is 2. The second kappa shape index (κ2) is 8.23. The number of amides is 1. The third-order valence-corrected chi connectivity index (χ3v) is 4.81. The first kappa shape index (κ1) is 19.4. The third kappa shape index (κ3) is 4.09. The summed E-state index contributed by atoms with van der Waals surface area (Å²) in [5.74, 6) is -0.605. The number of aromatic carboxylic acids is 1. The standard InChI is InChI=1S/C23H15ClN2O4/c24-20-9-7-16(12-19(20)23(28)29)21-10-8-18(30-21)13-25-26-22(27)17-6-5-14-3-1-2-4-15(14)11-17/h1-13H,(H,26,27)(H,28,29)/b25-13+. The molecular weight excluding hydrogens is 404 g/mol. The number of carboxylic acids is 1. The van der Waals surface area contributed by atoms with Crippen LogP contribution in [0.15, 0.2) is 82.3 Å². The molecule has 1 amide bonds. The number of hydrazone groups is 1. The van der Waals surface area contributed by atoms with Crippen LogP contribution >= 0.6 is 11.6 Å². The molecule has 0 fully saturated rings. The highest BCUT2D eigenvalue weighted by Gasteiger charge is 2.12. The Kier molecular flexibility index (Phi) is 5.32. The van der Waals surface area contributed by atoms with E-state index in [1.165, 1.54) is 18.3 Å². The van der Waals surface area contributed by atoms with Crippen LogP contribution in [0.1, 0.15) is 26.5 Å². The van der Waals surface area contributed by atoms with E-state index in [2.05, 4.69) is 10.5 Å². The fraction of sp³-hybridized carbons (Fsp3) is 0. The van der Waals surface area contributed by atoms with Gasteiger partial charge in [0.2, 0.25) is 0 Å². The Bertz CT molecular complexity index is 1290. The highest BCUT2D eigenvalue weighted by molar-refractivity contribution is 6.33. The van der Waals surface area contributed by atoms with Crippen molar-refractivity contribution >= 4 is 40.5 Å². The van der Waals surface area contributed by atoms with Crippen LogP contribution in [0.25, 0.3) is 22.1 Å². The van der Waals surface area contributed by atoms with E-state index < -0.39 is 5.97 Å². The number of nitrogens with zero attached hydrogens (tertiary/aromatic N) is 1. The second-order valence-corrected chi connectivity index (χ2v) is 6.87. The molecule has 0 saturated carbocycles. The van der Waals surface area contributed by atoms with Crippen molar-refractivity contribution in [3.05, 3.63) is 94.7 Å². The third-order valence-electron chi connectivity index (χ3n) is 4.48. The molecule has 3 aromatic carbocycles. The van der Waals surface area contributed by atoms with Crippen LogP contribution in [0.3, 0.4) is 0 Å². The van der Waals surface area contributed by atoms with Crippen molar-refractivity contribution in [1.82, 2.24) is 5.43 Å². The molecule has 0 aliphatic carbocycles. The average molecular weight is 419 g/mol. The number of fused-ring (bicyclic) bond motifs is 1. The normalized spacial score (nSPS) is 11.1. The number of carboxylic acid groups (broad SMARTS) is 1. The van der Waals surface area contributed by atoms with Gasteiger partial charge in [-0.05, 0) is 53.2 Å². The van der Waals surface area contributed by atoms with Crippen LogP contribution in [-0.2, 0) is 0 Å². The zero-order valence-corrected chi connectivity index (χ0v) is 16.3. The summed E-state index contributed by atoms with van der Waals surface area (Å²) in [6.07, 6.45) is 1.37. The summed E-state index contributed by atoms with van der Waals surface area (Å²) in [5, 5.41) is 15.3. The minimum absolute atomic E-state index is 0.0107. The van der Waals surface area contributed by atoms with Crippen molar-refractivity contribution < 1.29 is 19.1 Å². The van der Waals surface area contributed by atoms with Gasteiger partial charge < -0.3 is 9.52 Å². The molecule has 0 unspecified atom stereocenters. The van der Waals surface area contributed by atoms with Gasteiger partial charge >= 0.3 is 5.97 Å². The first-order valence-electron chi connectivity index (χ1n) is 8.96. The summed E-state index contributed by atoms with van der Waals surface area (Å²) in [4.78, 5) is 23.5. The van der Waals surface area contributed by atoms with Gasteiger partial charge in [-0.1, -0.05) is 41.9 Å². The molecule has 0 aliphatic heterocycles. The molecule has 148 valence electrons. The topological polar surface area (TPSA) is 91.9 Å². The van der Waals surface area contributed by atoms with Crippen LogP contribution < -0.4 is 5.43 Å². The molecular formula is C23H15ClN2O4. The quantitative estimate of drug-likeness (QED) is 0.343. The van der Waals surface area contributed by atoms with Gasteiger partial charge in [0.05, 0.1) is 16.8 Å². The predicted molar refractivity (Wildman–Crippen MR) is 115 cm³/mol. The molecule has 1 aromatic heterocycles. The molecule has 4 aromatic rings. The van der Waals surface area contributed by atoms with Gasteiger partial charge in [-0.3, -0.25) is 4.79 Å². The number of furan rings is 1. The number of benzene rings is 3. The first-order chi connectivity index (χ1) is 14.5. The Labute approximate surface area is 176 Å². The van der Waals surface area contributed by atoms with Crippen molar-refractivity contribution in [3.8, 4) is 11.3 Å². The van der Waals surface area contributed by atoms with Gasteiger partial charge in [0.15, 0.2) is 0 Å². The molecule has 4 rings (SSSR count). The zero-order chi connectivity index (χ0) is 21.1.